The fraction of sp³-hybridized carbons (Fsp3) is 0.250. The first-order chi connectivity index (χ1) is 13.0. The summed E-state index contributed by atoms with van der Waals surface area (Å²) in [5, 5.41) is 6.88. The van der Waals surface area contributed by atoms with Crippen LogP contribution >= 0.6 is 23.4 Å². The number of benzene rings is 2. The zero-order chi connectivity index (χ0) is 19.4. The third kappa shape index (κ3) is 4.70. The van der Waals surface area contributed by atoms with Crippen LogP contribution in [0.3, 0.4) is 0 Å². The predicted octanol–water partition coefficient (Wildman–Crippen LogP) is 4.66. The Kier molecular flexibility index (Phi) is 6.19. The Morgan fingerprint density at radius 2 is 2.07 bits per heavy atom. The molecule has 0 saturated carbocycles. The molecule has 1 fully saturated rings. The highest BCUT2D eigenvalue weighted by atomic mass is 35.5. The minimum atomic E-state index is -0.259. The Bertz CT molecular complexity index is 886. The zero-order valence-corrected chi connectivity index (χ0v) is 16.9. The first-order valence-corrected chi connectivity index (χ1v) is 9.78. The SMILES string of the molecule is CCOc1ccc(/C=C2\SC(Nc3cc(Cl)ccc3C)NC2=O)cc1OC. The van der Waals surface area contributed by atoms with Gasteiger partial charge in [0.05, 0.1) is 18.6 Å². The van der Waals surface area contributed by atoms with Crippen LogP contribution in [0.4, 0.5) is 5.69 Å². The van der Waals surface area contributed by atoms with Crippen molar-refractivity contribution in [2.24, 2.45) is 0 Å². The number of carbonyl (C=O) groups excluding carboxylic acids is 1. The maximum absolute atomic E-state index is 12.3. The molecule has 1 aliphatic heterocycles. The number of aryl methyl sites for hydroxylation is 1. The van der Waals surface area contributed by atoms with Crippen LogP contribution in [0.15, 0.2) is 41.3 Å². The lowest BCUT2D eigenvalue weighted by atomic mass is 10.2. The Hall–Kier alpha value is -2.31. The van der Waals surface area contributed by atoms with Gasteiger partial charge in [-0.05, 0) is 55.3 Å². The second-order valence-corrected chi connectivity index (χ2v) is 7.51. The molecule has 1 saturated heterocycles. The van der Waals surface area contributed by atoms with Crippen LogP contribution in [-0.2, 0) is 4.79 Å². The van der Waals surface area contributed by atoms with Gasteiger partial charge in [-0.2, -0.15) is 0 Å². The first kappa shape index (κ1) is 19.5. The number of thioether (sulfide) groups is 1. The quantitative estimate of drug-likeness (QED) is 0.686. The van der Waals surface area contributed by atoms with E-state index >= 15 is 0 Å². The molecule has 142 valence electrons. The molecule has 0 aromatic heterocycles. The van der Waals surface area contributed by atoms with Crippen molar-refractivity contribution in [2.75, 3.05) is 19.0 Å². The second kappa shape index (κ2) is 8.59. The summed E-state index contributed by atoms with van der Waals surface area (Å²) in [6, 6.07) is 11.2. The summed E-state index contributed by atoms with van der Waals surface area (Å²) >= 11 is 7.49. The molecule has 5 nitrogen and oxygen atoms in total. The van der Waals surface area contributed by atoms with Crippen molar-refractivity contribution >= 4 is 41.0 Å². The Morgan fingerprint density at radius 3 is 2.81 bits per heavy atom. The Balaban J connectivity index is 1.76. The molecular weight excluding hydrogens is 384 g/mol. The van der Waals surface area contributed by atoms with Crippen molar-refractivity contribution in [2.45, 2.75) is 19.3 Å². The van der Waals surface area contributed by atoms with Gasteiger partial charge in [0.1, 0.15) is 0 Å². The van der Waals surface area contributed by atoms with E-state index in [9.17, 15) is 4.79 Å². The molecule has 0 radical (unpaired) electrons. The number of hydrogen-bond acceptors (Lipinski definition) is 5. The third-order valence-corrected chi connectivity index (χ3v) is 5.27. The first-order valence-electron chi connectivity index (χ1n) is 8.53. The zero-order valence-electron chi connectivity index (χ0n) is 15.3. The van der Waals surface area contributed by atoms with Gasteiger partial charge in [-0.3, -0.25) is 4.79 Å². The molecule has 0 aliphatic carbocycles. The number of amides is 1. The number of nitrogens with one attached hydrogen (secondary N) is 2. The molecule has 2 aromatic rings. The van der Waals surface area contributed by atoms with Crippen LogP contribution < -0.4 is 20.1 Å². The van der Waals surface area contributed by atoms with E-state index in [0.29, 0.717) is 28.0 Å². The van der Waals surface area contributed by atoms with Crippen LogP contribution in [0.5, 0.6) is 11.5 Å². The number of hydrogen-bond donors (Lipinski definition) is 2. The number of carbonyl (C=O) groups is 1. The van der Waals surface area contributed by atoms with Gasteiger partial charge in [-0.1, -0.05) is 35.5 Å². The van der Waals surface area contributed by atoms with Gasteiger partial charge in [0.2, 0.25) is 0 Å². The smallest absolute Gasteiger partial charge is 0.260 e. The molecule has 27 heavy (non-hydrogen) atoms. The lowest BCUT2D eigenvalue weighted by Crippen LogP contribution is -2.31. The number of halogens is 1. The van der Waals surface area contributed by atoms with E-state index in [1.807, 2.05) is 56.3 Å². The lowest BCUT2D eigenvalue weighted by Gasteiger charge is -2.15. The van der Waals surface area contributed by atoms with E-state index in [1.165, 1.54) is 11.8 Å². The second-order valence-electron chi connectivity index (χ2n) is 5.93. The average molecular weight is 405 g/mol. The van der Waals surface area contributed by atoms with Crippen molar-refractivity contribution < 1.29 is 14.3 Å². The molecular formula is C20H21ClN2O3S. The maximum Gasteiger partial charge on any atom is 0.260 e. The Labute approximate surface area is 168 Å². The fourth-order valence-electron chi connectivity index (χ4n) is 2.66. The number of rotatable bonds is 6. The predicted molar refractivity (Wildman–Crippen MR) is 111 cm³/mol. The van der Waals surface area contributed by atoms with Gasteiger partial charge in [-0.25, -0.2) is 0 Å². The van der Waals surface area contributed by atoms with Gasteiger partial charge in [0.15, 0.2) is 17.0 Å². The highest BCUT2D eigenvalue weighted by Gasteiger charge is 2.27. The van der Waals surface area contributed by atoms with Crippen molar-refractivity contribution in [1.29, 1.82) is 0 Å². The van der Waals surface area contributed by atoms with Gasteiger partial charge >= 0.3 is 0 Å². The van der Waals surface area contributed by atoms with Gasteiger partial charge < -0.3 is 20.1 Å². The molecule has 1 aliphatic rings. The van der Waals surface area contributed by atoms with Crippen LogP contribution in [0.25, 0.3) is 6.08 Å². The van der Waals surface area contributed by atoms with E-state index in [-0.39, 0.29) is 11.4 Å². The molecule has 2 N–H and O–H groups in total. The molecule has 2 aromatic carbocycles. The molecule has 1 unspecified atom stereocenters. The standard InChI is InChI=1S/C20H21ClN2O3S/c1-4-26-16-8-6-13(9-17(16)25-3)10-18-19(24)23-20(27-18)22-15-11-14(21)7-5-12(15)2/h5-11,20,22H,4H2,1-3H3,(H,23,24)/b18-10-. The number of ether oxygens (including phenoxy) is 2. The third-order valence-electron chi connectivity index (χ3n) is 4.00. The van der Waals surface area contributed by atoms with Crippen molar-refractivity contribution in [3.63, 3.8) is 0 Å². The van der Waals surface area contributed by atoms with Crippen molar-refractivity contribution in [3.05, 3.63) is 57.5 Å². The number of methoxy groups -OCH3 is 1. The maximum atomic E-state index is 12.3. The van der Waals surface area contributed by atoms with Crippen LogP contribution in [0.2, 0.25) is 5.02 Å². The van der Waals surface area contributed by atoms with Gasteiger partial charge in [0, 0.05) is 10.7 Å². The summed E-state index contributed by atoms with van der Waals surface area (Å²) in [5.74, 6) is 1.20. The summed E-state index contributed by atoms with van der Waals surface area (Å²) in [5.41, 5.74) is 2.56. The van der Waals surface area contributed by atoms with Crippen LogP contribution in [-0.4, -0.2) is 25.1 Å². The molecule has 1 heterocycles. The summed E-state index contributed by atoms with van der Waals surface area (Å²) in [7, 11) is 1.60. The van der Waals surface area contributed by atoms with E-state index in [4.69, 9.17) is 21.1 Å². The highest BCUT2D eigenvalue weighted by molar-refractivity contribution is 8.05. The molecule has 0 bridgehead atoms. The average Bonchev–Trinajstić information content (AvgIpc) is 2.98. The van der Waals surface area contributed by atoms with Gasteiger partial charge in [0.25, 0.3) is 5.91 Å². The summed E-state index contributed by atoms with van der Waals surface area (Å²) in [6.07, 6.45) is 1.84. The van der Waals surface area contributed by atoms with E-state index in [2.05, 4.69) is 10.6 Å². The number of anilines is 1. The van der Waals surface area contributed by atoms with Gasteiger partial charge in [-0.15, -0.1) is 0 Å². The summed E-state index contributed by atoms with van der Waals surface area (Å²) < 4.78 is 10.9. The fourth-order valence-corrected chi connectivity index (χ4v) is 3.80. The summed E-state index contributed by atoms with van der Waals surface area (Å²) in [4.78, 5) is 13.0. The largest absolute Gasteiger partial charge is 0.493 e. The minimum absolute atomic E-state index is 0.120. The summed E-state index contributed by atoms with van der Waals surface area (Å²) in [6.45, 7) is 4.47. The normalized spacial score (nSPS) is 17.7. The molecule has 1 amide bonds. The topological polar surface area (TPSA) is 59.6 Å². The molecule has 1 atom stereocenters. The van der Waals surface area contributed by atoms with Crippen LogP contribution in [0.1, 0.15) is 18.1 Å². The van der Waals surface area contributed by atoms with E-state index in [0.717, 1.165) is 16.8 Å². The van der Waals surface area contributed by atoms with E-state index < -0.39 is 0 Å². The van der Waals surface area contributed by atoms with Crippen LogP contribution in [0, 0.1) is 6.92 Å². The monoisotopic (exact) mass is 404 g/mol. The lowest BCUT2D eigenvalue weighted by molar-refractivity contribution is -0.116. The molecule has 3 rings (SSSR count). The molecule has 0 spiro atoms. The van der Waals surface area contributed by atoms with E-state index in [1.54, 1.807) is 7.11 Å². The highest BCUT2D eigenvalue weighted by Crippen LogP contribution is 2.34. The molecule has 7 heteroatoms. The minimum Gasteiger partial charge on any atom is -0.493 e. The van der Waals surface area contributed by atoms with Crippen molar-refractivity contribution in [1.82, 2.24) is 5.32 Å². The van der Waals surface area contributed by atoms with Crippen molar-refractivity contribution in [3.8, 4) is 11.5 Å². The Morgan fingerprint density at radius 1 is 1.26 bits per heavy atom.